The highest BCUT2D eigenvalue weighted by atomic mass is 16.3. The molecular formula is C18H24N2O3. The fourth-order valence-electron chi connectivity index (χ4n) is 3.82. The predicted octanol–water partition coefficient (Wildman–Crippen LogP) is 1.35. The fourth-order valence-corrected chi connectivity index (χ4v) is 3.82. The van der Waals surface area contributed by atoms with Gasteiger partial charge in [-0.15, -0.1) is 0 Å². The number of benzene rings is 1. The van der Waals surface area contributed by atoms with E-state index in [4.69, 9.17) is 0 Å². The molecule has 2 fully saturated rings. The summed E-state index contributed by atoms with van der Waals surface area (Å²) in [6.45, 7) is 3.48. The van der Waals surface area contributed by atoms with Crippen LogP contribution in [0.2, 0.25) is 0 Å². The summed E-state index contributed by atoms with van der Waals surface area (Å²) < 4.78 is 0. The van der Waals surface area contributed by atoms with Crippen LogP contribution in [0.4, 0.5) is 0 Å². The molecule has 2 N–H and O–H groups in total. The zero-order valence-corrected chi connectivity index (χ0v) is 13.5. The average molecular weight is 316 g/mol. The molecule has 23 heavy (non-hydrogen) atoms. The number of hydrogen-bond acceptors (Lipinski definition) is 3. The lowest BCUT2D eigenvalue weighted by Crippen LogP contribution is -2.62. The lowest BCUT2D eigenvalue weighted by Gasteiger charge is -2.46. The molecule has 2 aliphatic rings. The predicted molar refractivity (Wildman–Crippen MR) is 87.0 cm³/mol. The SMILES string of the molecule is CCc1ccccc1C(=O)N1CC[C@@H](O)[C@@]2(CCCNC2=O)C1. The molecule has 124 valence electrons. The van der Waals surface area contributed by atoms with Gasteiger partial charge in [0.1, 0.15) is 0 Å². The number of aliphatic hydroxyl groups excluding tert-OH is 1. The van der Waals surface area contributed by atoms with Crippen LogP contribution in [0.3, 0.4) is 0 Å². The first-order valence-electron chi connectivity index (χ1n) is 8.42. The Morgan fingerprint density at radius 1 is 1.43 bits per heavy atom. The maximum Gasteiger partial charge on any atom is 0.254 e. The van der Waals surface area contributed by atoms with E-state index in [9.17, 15) is 14.7 Å². The molecule has 2 atom stereocenters. The van der Waals surface area contributed by atoms with Gasteiger partial charge in [-0.3, -0.25) is 9.59 Å². The van der Waals surface area contributed by atoms with Crippen molar-refractivity contribution in [1.29, 1.82) is 0 Å². The Kier molecular flexibility index (Phi) is 4.39. The number of rotatable bonds is 2. The quantitative estimate of drug-likeness (QED) is 0.865. The number of nitrogens with zero attached hydrogens (tertiary/aromatic N) is 1. The molecule has 2 aliphatic heterocycles. The van der Waals surface area contributed by atoms with Gasteiger partial charge in [-0.05, 0) is 37.3 Å². The van der Waals surface area contributed by atoms with E-state index in [0.717, 1.165) is 18.4 Å². The van der Waals surface area contributed by atoms with Crippen LogP contribution in [0.25, 0.3) is 0 Å². The third-order valence-corrected chi connectivity index (χ3v) is 5.24. The van der Waals surface area contributed by atoms with Gasteiger partial charge in [-0.1, -0.05) is 25.1 Å². The van der Waals surface area contributed by atoms with Gasteiger partial charge >= 0.3 is 0 Å². The molecule has 5 heteroatoms. The lowest BCUT2D eigenvalue weighted by atomic mass is 9.71. The van der Waals surface area contributed by atoms with E-state index >= 15 is 0 Å². The largest absolute Gasteiger partial charge is 0.392 e. The molecule has 0 aromatic heterocycles. The molecule has 0 bridgehead atoms. The highest BCUT2D eigenvalue weighted by Crippen LogP contribution is 2.37. The van der Waals surface area contributed by atoms with Crippen LogP contribution >= 0.6 is 0 Å². The summed E-state index contributed by atoms with van der Waals surface area (Å²) in [6, 6.07) is 7.62. The smallest absolute Gasteiger partial charge is 0.254 e. The van der Waals surface area contributed by atoms with Crippen LogP contribution in [-0.4, -0.2) is 47.6 Å². The first kappa shape index (κ1) is 16.0. The zero-order chi connectivity index (χ0) is 16.4. The minimum Gasteiger partial charge on any atom is -0.392 e. The van der Waals surface area contributed by atoms with Gasteiger partial charge in [-0.2, -0.15) is 0 Å². The fraction of sp³-hybridized carbons (Fsp3) is 0.556. The lowest BCUT2D eigenvalue weighted by molar-refractivity contribution is -0.147. The summed E-state index contributed by atoms with van der Waals surface area (Å²) >= 11 is 0. The van der Waals surface area contributed by atoms with Crippen molar-refractivity contribution in [3.05, 3.63) is 35.4 Å². The van der Waals surface area contributed by atoms with E-state index in [0.29, 0.717) is 38.0 Å². The zero-order valence-electron chi connectivity index (χ0n) is 13.5. The topological polar surface area (TPSA) is 69.6 Å². The van der Waals surface area contributed by atoms with E-state index in [1.807, 2.05) is 31.2 Å². The second-order valence-corrected chi connectivity index (χ2v) is 6.56. The Bertz CT molecular complexity index is 616. The number of likely N-dealkylation sites (tertiary alicyclic amines) is 1. The normalized spacial score (nSPS) is 27.8. The van der Waals surface area contributed by atoms with E-state index in [2.05, 4.69) is 5.32 Å². The van der Waals surface area contributed by atoms with Crippen molar-refractivity contribution in [1.82, 2.24) is 10.2 Å². The van der Waals surface area contributed by atoms with Crippen LogP contribution in [0.1, 0.15) is 42.1 Å². The Morgan fingerprint density at radius 2 is 2.22 bits per heavy atom. The third-order valence-electron chi connectivity index (χ3n) is 5.24. The van der Waals surface area contributed by atoms with Crippen molar-refractivity contribution < 1.29 is 14.7 Å². The maximum atomic E-state index is 12.9. The minimum absolute atomic E-state index is 0.0351. The number of amides is 2. The molecule has 0 radical (unpaired) electrons. The van der Waals surface area contributed by atoms with E-state index in [-0.39, 0.29) is 11.8 Å². The van der Waals surface area contributed by atoms with Crippen LogP contribution in [-0.2, 0) is 11.2 Å². The summed E-state index contributed by atoms with van der Waals surface area (Å²) in [5.41, 5.74) is 0.886. The molecule has 1 spiro atoms. The van der Waals surface area contributed by atoms with Gasteiger partial charge in [0.15, 0.2) is 0 Å². The Labute approximate surface area is 136 Å². The molecular weight excluding hydrogens is 292 g/mol. The maximum absolute atomic E-state index is 12.9. The number of hydrogen-bond donors (Lipinski definition) is 2. The molecule has 2 heterocycles. The Balaban J connectivity index is 1.86. The Morgan fingerprint density at radius 3 is 2.96 bits per heavy atom. The second-order valence-electron chi connectivity index (χ2n) is 6.56. The van der Waals surface area contributed by atoms with Gasteiger partial charge in [0.2, 0.25) is 5.91 Å². The highest BCUT2D eigenvalue weighted by molar-refractivity contribution is 5.96. The van der Waals surface area contributed by atoms with Crippen molar-refractivity contribution in [3.8, 4) is 0 Å². The molecule has 1 aromatic carbocycles. The van der Waals surface area contributed by atoms with Crippen LogP contribution in [0.15, 0.2) is 24.3 Å². The number of carbonyl (C=O) groups is 2. The van der Waals surface area contributed by atoms with Gasteiger partial charge in [-0.25, -0.2) is 0 Å². The van der Waals surface area contributed by atoms with Crippen LogP contribution in [0, 0.1) is 5.41 Å². The van der Waals surface area contributed by atoms with Gasteiger partial charge in [0.05, 0.1) is 11.5 Å². The second kappa shape index (κ2) is 6.32. The first-order valence-corrected chi connectivity index (χ1v) is 8.42. The van der Waals surface area contributed by atoms with Crippen molar-refractivity contribution in [2.45, 2.75) is 38.7 Å². The van der Waals surface area contributed by atoms with Crippen LogP contribution < -0.4 is 5.32 Å². The Hall–Kier alpha value is -1.88. The van der Waals surface area contributed by atoms with Gasteiger partial charge in [0.25, 0.3) is 5.91 Å². The van der Waals surface area contributed by atoms with Gasteiger partial charge in [0, 0.05) is 25.2 Å². The average Bonchev–Trinajstić information content (AvgIpc) is 2.59. The highest BCUT2D eigenvalue weighted by Gasteiger charge is 2.50. The van der Waals surface area contributed by atoms with Crippen molar-refractivity contribution in [3.63, 3.8) is 0 Å². The number of piperidine rings is 2. The standard InChI is InChI=1S/C18H24N2O3/c1-2-13-6-3-4-7-14(13)16(22)20-11-8-15(21)18(12-20)9-5-10-19-17(18)23/h3-4,6-7,15,21H,2,5,8-12H2,1H3,(H,19,23)/t15-,18-/m1/s1. The monoisotopic (exact) mass is 316 g/mol. The number of carbonyl (C=O) groups excluding carboxylic acids is 2. The molecule has 5 nitrogen and oxygen atoms in total. The van der Waals surface area contributed by atoms with Crippen molar-refractivity contribution in [2.24, 2.45) is 5.41 Å². The number of aliphatic hydroxyl groups is 1. The molecule has 3 rings (SSSR count). The summed E-state index contributed by atoms with van der Waals surface area (Å²) in [6.07, 6.45) is 2.06. The molecule has 0 saturated carbocycles. The number of nitrogens with one attached hydrogen (secondary N) is 1. The van der Waals surface area contributed by atoms with Gasteiger partial charge < -0.3 is 15.3 Å². The van der Waals surface area contributed by atoms with E-state index in [1.54, 1.807) is 4.90 Å². The molecule has 2 amide bonds. The molecule has 2 saturated heterocycles. The summed E-state index contributed by atoms with van der Waals surface area (Å²) in [5.74, 6) is -0.148. The summed E-state index contributed by atoms with van der Waals surface area (Å²) in [4.78, 5) is 27.1. The van der Waals surface area contributed by atoms with Crippen LogP contribution in [0.5, 0.6) is 0 Å². The van der Waals surface area contributed by atoms with E-state index in [1.165, 1.54) is 0 Å². The number of aryl methyl sites for hydroxylation is 1. The molecule has 1 aromatic rings. The van der Waals surface area contributed by atoms with Crippen molar-refractivity contribution >= 4 is 11.8 Å². The van der Waals surface area contributed by atoms with E-state index < -0.39 is 11.5 Å². The summed E-state index contributed by atoms with van der Waals surface area (Å²) in [7, 11) is 0. The molecule has 0 unspecified atom stereocenters. The third kappa shape index (κ3) is 2.74. The van der Waals surface area contributed by atoms with Crippen molar-refractivity contribution in [2.75, 3.05) is 19.6 Å². The first-order chi connectivity index (χ1) is 11.1. The molecule has 0 aliphatic carbocycles. The minimum atomic E-state index is -0.840. The summed E-state index contributed by atoms with van der Waals surface area (Å²) in [5, 5.41) is 13.3.